The van der Waals surface area contributed by atoms with Gasteiger partial charge in [0.1, 0.15) is 0 Å². The van der Waals surface area contributed by atoms with Crippen molar-refractivity contribution in [3.63, 3.8) is 0 Å². The van der Waals surface area contributed by atoms with Crippen molar-refractivity contribution < 1.29 is 18.1 Å². The Morgan fingerprint density at radius 3 is 1.73 bits per heavy atom. The number of hydrogen-bond acceptors (Lipinski definition) is 4. The van der Waals surface area contributed by atoms with Gasteiger partial charge in [-0.05, 0) is 66.4 Å². The molecule has 2 bridgehead atoms. The van der Waals surface area contributed by atoms with E-state index < -0.39 is 30.5 Å². The fraction of sp³-hybridized carbons (Fsp3) is 0.781. The zero-order valence-corrected chi connectivity index (χ0v) is 31.3. The Kier molecular flexibility index (Phi) is 9.05. The first-order chi connectivity index (χ1) is 17.9. The van der Waals surface area contributed by atoms with E-state index in [-0.39, 0.29) is 39.1 Å². The molecule has 0 aromatic heterocycles. The molecule has 1 aliphatic heterocycles. The molecule has 0 unspecified atom stereocenters. The minimum atomic E-state index is -2.22. The van der Waals surface area contributed by atoms with Crippen molar-refractivity contribution in [2.45, 2.75) is 147 Å². The molecule has 1 aliphatic carbocycles. The van der Waals surface area contributed by atoms with Gasteiger partial charge in [0.05, 0.1) is 30.3 Å². The maximum Gasteiger partial charge on any atom is 0.229 e. The maximum absolute atomic E-state index is 14.3. The zero-order valence-electron chi connectivity index (χ0n) is 28.3. The van der Waals surface area contributed by atoms with Gasteiger partial charge in [-0.15, -0.1) is 0 Å². The minimum absolute atomic E-state index is 0.0338. The van der Waals surface area contributed by atoms with Gasteiger partial charge in [0.25, 0.3) is 0 Å². The molecule has 1 heterocycles. The second kappa shape index (κ2) is 10.7. The van der Waals surface area contributed by atoms with Gasteiger partial charge in [-0.2, -0.15) is 0 Å². The summed E-state index contributed by atoms with van der Waals surface area (Å²) in [6, 6.07) is 10.4. The van der Waals surface area contributed by atoms with Crippen LogP contribution in [0.5, 0.6) is 0 Å². The van der Waals surface area contributed by atoms with Crippen LogP contribution in [0.25, 0.3) is 0 Å². The Bertz CT molecular complexity index is 1050. The quantitative estimate of drug-likeness (QED) is 0.265. The van der Waals surface area contributed by atoms with Crippen molar-refractivity contribution in [2.24, 2.45) is 5.92 Å². The molecule has 1 saturated heterocycles. The van der Waals surface area contributed by atoms with E-state index in [4.69, 9.17) is 13.3 Å². The van der Waals surface area contributed by atoms with E-state index in [0.29, 0.717) is 13.2 Å². The molecule has 1 aromatic rings. The summed E-state index contributed by atoms with van der Waals surface area (Å²) in [5.41, 5.74) is 0.582. The van der Waals surface area contributed by atoms with Crippen molar-refractivity contribution in [2.75, 3.05) is 6.61 Å². The smallest absolute Gasteiger partial charge is 0.229 e. The lowest BCUT2D eigenvalue weighted by Crippen LogP contribution is -2.67. The van der Waals surface area contributed by atoms with Gasteiger partial charge in [0.2, 0.25) is 5.91 Å². The van der Waals surface area contributed by atoms with Crippen LogP contribution in [-0.2, 0) is 24.6 Å². The highest BCUT2D eigenvalue weighted by atomic mass is 28.4. The molecule has 0 N–H and O–H groups in total. The van der Waals surface area contributed by atoms with Gasteiger partial charge >= 0.3 is 0 Å². The number of carbonyl (C=O) groups is 1. The largest absolute Gasteiger partial charge is 0.414 e. The third kappa shape index (κ3) is 6.27. The summed E-state index contributed by atoms with van der Waals surface area (Å²) in [4.78, 5) is 16.5. The average molecular weight is 606 g/mol. The molecule has 8 heteroatoms. The number of fused-ring (bicyclic) bond motifs is 2. The van der Waals surface area contributed by atoms with Crippen LogP contribution in [0.2, 0.25) is 54.4 Å². The topological polar surface area (TPSA) is 48.0 Å². The number of rotatable bonds is 9. The fourth-order valence-corrected chi connectivity index (χ4v) is 8.82. The Morgan fingerprint density at radius 1 is 0.775 bits per heavy atom. The summed E-state index contributed by atoms with van der Waals surface area (Å²) < 4.78 is 21.6. The number of likely N-dealkylation sites (tertiary alicyclic amines) is 1. The Morgan fingerprint density at radius 2 is 1.25 bits per heavy atom. The second-order valence-corrected chi connectivity index (χ2v) is 31.3. The van der Waals surface area contributed by atoms with Gasteiger partial charge in [0.15, 0.2) is 25.0 Å². The van der Waals surface area contributed by atoms with Gasteiger partial charge in [-0.3, -0.25) is 4.79 Å². The number of hydrogen-bond donors (Lipinski definition) is 0. The molecule has 5 nitrogen and oxygen atoms in total. The first-order valence-electron chi connectivity index (χ1n) is 15.2. The summed E-state index contributed by atoms with van der Waals surface area (Å²) >= 11 is 0. The summed E-state index contributed by atoms with van der Waals surface area (Å²) in [5, 5.41) is 0.140. The predicted molar refractivity (Wildman–Crippen MR) is 175 cm³/mol. The third-order valence-electron chi connectivity index (χ3n) is 11.1. The molecule has 40 heavy (non-hydrogen) atoms. The molecular weight excluding hydrogens is 547 g/mol. The lowest BCUT2D eigenvalue weighted by atomic mass is 9.93. The molecule has 0 spiro atoms. The number of piperidine rings is 1. The van der Waals surface area contributed by atoms with E-state index in [9.17, 15) is 4.79 Å². The Balaban J connectivity index is 2.16. The molecule has 3 rings (SSSR count). The van der Waals surface area contributed by atoms with Gasteiger partial charge in [0, 0.05) is 6.54 Å². The van der Waals surface area contributed by atoms with Gasteiger partial charge in [-0.25, -0.2) is 0 Å². The van der Waals surface area contributed by atoms with E-state index in [2.05, 4.69) is 131 Å². The van der Waals surface area contributed by atoms with Crippen LogP contribution in [0, 0.1) is 5.92 Å². The summed E-state index contributed by atoms with van der Waals surface area (Å²) in [5.74, 6) is -0.0166. The monoisotopic (exact) mass is 605 g/mol. The molecule has 0 radical (unpaired) electrons. The lowest BCUT2D eigenvalue weighted by Gasteiger charge is -2.53. The van der Waals surface area contributed by atoms with Crippen molar-refractivity contribution in [3.05, 3.63) is 35.9 Å². The Hall–Kier alpha value is -0.779. The highest BCUT2D eigenvalue weighted by Crippen LogP contribution is 2.55. The minimum Gasteiger partial charge on any atom is -0.414 e. The number of amides is 1. The van der Waals surface area contributed by atoms with E-state index in [0.717, 1.165) is 12.0 Å². The predicted octanol–water partition coefficient (Wildman–Crippen LogP) is 8.59. The van der Waals surface area contributed by atoms with E-state index in [1.54, 1.807) is 0 Å². The molecule has 2 fully saturated rings. The van der Waals surface area contributed by atoms with Crippen LogP contribution in [0.4, 0.5) is 0 Å². The zero-order chi connectivity index (χ0) is 30.7. The molecule has 1 aromatic carbocycles. The fourth-order valence-electron chi connectivity index (χ4n) is 5.12. The molecule has 4 atom stereocenters. The first kappa shape index (κ1) is 33.7. The van der Waals surface area contributed by atoms with E-state index >= 15 is 0 Å². The molecule has 1 saturated carbocycles. The Labute approximate surface area is 249 Å². The van der Waals surface area contributed by atoms with Crippen LogP contribution in [0.3, 0.4) is 0 Å². The van der Waals surface area contributed by atoms with Crippen molar-refractivity contribution in [1.82, 2.24) is 4.90 Å². The van der Waals surface area contributed by atoms with E-state index in [1.807, 2.05) is 6.07 Å². The highest BCUT2D eigenvalue weighted by Gasteiger charge is 2.69. The van der Waals surface area contributed by atoms with E-state index in [1.165, 1.54) is 0 Å². The van der Waals surface area contributed by atoms with Crippen LogP contribution in [-0.4, -0.2) is 60.1 Å². The van der Waals surface area contributed by atoms with Crippen LogP contribution in [0.1, 0.15) is 74.3 Å². The van der Waals surface area contributed by atoms with Gasteiger partial charge < -0.3 is 18.2 Å². The first-order valence-corrected chi connectivity index (χ1v) is 23.9. The molecule has 228 valence electrons. The SMILES string of the molecule is CC(C)(C)[Si](C)(C)OC[C@]12C[C@H](C(=O)N1Cc1ccccc1)[C@@H](O[Si](C)(C)C(C)(C)C)[C@@H]2O[Si](C)(C)C(C)(C)C. The summed E-state index contributed by atoms with van der Waals surface area (Å²) in [6.07, 6.45) is 0.252. The number of nitrogens with zero attached hydrogens (tertiary/aromatic N) is 1. The number of carbonyl (C=O) groups excluding carboxylic acids is 1. The third-order valence-corrected chi connectivity index (χ3v) is 24.5. The highest BCUT2D eigenvalue weighted by molar-refractivity contribution is 6.75. The van der Waals surface area contributed by atoms with Gasteiger partial charge in [-0.1, -0.05) is 92.6 Å². The van der Waals surface area contributed by atoms with Crippen LogP contribution >= 0.6 is 0 Å². The maximum atomic E-state index is 14.3. The lowest BCUT2D eigenvalue weighted by molar-refractivity contribution is -0.155. The van der Waals surface area contributed by atoms with Crippen LogP contribution < -0.4 is 0 Å². The second-order valence-electron chi connectivity index (χ2n) is 17.0. The molecule has 1 amide bonds. The summed E-state index contributed by atoms with van der Waals surface area (Å²) in [6.45, 7) is 35.5. The van der Waals surface area contributed by atoms with Crippen molar-refractivity contribution in [1.29, 1.82) is 0 Å². The normalized spacial score (nSPS) is 26.6. The molecule has 2 aliphatic rings. The van der Waals surface area contributed by atoms with Crippen molar-refractivity contribution in [3.8, 4) is 0 Å². The standard InChI is InChI=1S/C32H59NO4Si3/c1-29(2,3)38(10,11)35-23-32-21-25(28(34)33(32)22-24-19-17-16-18-20-24)26(36-39(12,13)30(4,5)6)27(32)37-40(14,15)31(7,8)9/h16-20,25-27H,21-23H2,1-15H3/t25-,26+,27-,32-/m0/s1. The average Bonchev–Trinajstić information content (AvgIpc) is 3.21. The number of benzene rings is 1. The van der Waals surface area contributed by atoms with Crippen molar-refractivity contribution >= 4 is 30.9 Å². The summed E-state index contributed by atoms with van der Waals surface area (Å²) in [7, 11) is -6.50. The molecular formula is C32H59NO4Si3. The van der Waals surface area contributed by atoms with Crippen LogP contribution in [0.15, 0.2) is 30.3 Å².